The molecule has 2 unspecified atom stereocenters. The van der Waals surface area contributed by atoms with Crippen molar-refractivity contribution in [1.29, 1.82) is 0 Å². The van der Waals surface area contributed by atoms with E-state index in [1.54, 1.807) is 11.8 Å². The molecule has 1 amide bonds. The van der Waals surface area contributed by atoms with E-state index in [9.17, 15) is 23.1 Å². The topological polar surface area (TPSA) is 52.6 Å². The number of alkyl halides is 3. The van der Waals surface area contributed by atoms with Gasteiger partial charge in [0.1, 0.15) is 6.54 Å². The van der Waals surface area contributed by atoms with Crippen molar-refractivity contribution in [1.82, 2.24) is 10.2 Å². The summed E-state index contributed by atoms with van der Waals surface area (Å²) in [6, 6.07) is -0.646. The molecule has 7 heteroatoms. The predicted octanol–water partition coefficient (Wildman–Crippen LogP) is 0.510. The van der Waals surface area contributed by atoms with Crippen LogP contribution in [0.3, 0.4) is 0 Å². The first-order valence-electron chi connectivity index (χ1n) is 5.56. The van der Waals surface area contributed by atoms with Crippen LogP contribution in [0, 0.1) is 0 Å². The molecule has 1 aliphatic rings. The van der Waals surface area contributed by atoms with Crippen LogP contribution in [0.25, 0.3) is 0 Å². The highest BCUT2D eigenvalue weighted by Gasteiger charge is 2.31. The fraction of sp³-hybridized carbons (Fsp3) is 0.900. The van der Waals surface area contributed by atoms with Crippen molar-refractivity contribution in [2.45, 2.75) is 38.1 Å². The molecule has 0 saturated carbocycles. The van der Waals surface area contributed by atoms with E-state index in [0.29, 0.717) is 19.5 Å². The lowest BCUT2D eigenvalue weighted by Crippen LogP contribution is -2.51. The van der Waals surface area contributed by atoms with Crippen LogP contribution >= 0.6 is 0 Å². The average Bonchev–Trinajstić information content (AvgIpc) is 2.24. The molecule has 0 aromatic heterocycles. The molecule has 17 heavy (non-hydrogen) atoms. The van der Waals surface area contributed by atoms with E-state index in [4.69, 9.17) is 0 Å². The van der Waals surface area contributed by atoms with Gasteiger partial charge in [0.05, 0.1) is 12.1 Å². The number of nitrogens with zero attached hydrogens (tertiary/aromatic N) is 1. The van der Waals surface area contributed by atoms with E-state index in [1.807, 2.05) is 5.32 Å². The van der Waals surface area contributed by atoms with Crippen LogP contribution in [-0.2, 0) is 4.79 Å². The number of halogens is 3. The van der Waals surface area contributed by atoms with Crippen LogP contribution in [-0.4, -0.2) is 53.9 Å². The van der Waals surface area contributed by atoms with Gasteiger partial charge in [-0.15, -0.1) is 0 Å². The lowest BCUT2D eigenvalue weighted by Gasteiger charge is -2.34. The molecule has 4 nitrogen and oxygen atoms in total. The van der Waals surface area contributed by atoms with Crippen molar-refractivity contribution >= 4 is 5.91 Å². The van der Waals surface area contributed by atoms with E-state index >= 15 is 0 Å². The molecule has 2 N–H and O–H groups in total. The first-order valence-corrected chi connectivity index (χ1v) is 5.56. The zero-order valence-electron chi connectivity index (χ0n) is 9.63. The molecule has 0 aromatic carbocycles. The number of hydrogen-bond acceptors (Lipinski definition) is 3. The molecule has 1 rings (SSSR count). The van der Waals surface area contributed by atoms with E-state index in [2.05, 4.69) is 0 Å². The number of β-amino-alcohol motifs (C(OH)–C–C–N with tert-alkyl or cyclic N) is 1. The molecule has 0 aliphatic carbocycles. The van der Waals surface area contributed by atoms with Crippen molar-refractivity contribution in [3.63, 3.8) is 0 Å². The maximum Gasteiger partial charge on any atom is 0.405 e. The number of nitrogens with one attached hydrogen (secondary N) is 1. The quantitative estimate of drug-likeness (QED) is 0.771. The fourth-order valence-corrected chi connectivity index (χ4v) is 1.84. The van der Waals surface area contributed by atoms with Crippen molar-refractivity contribution < 1.29 is 23.1 Å². The highest BCUT2D eigenvalue weighted by Crippen LogP contribution is 2.14. The van der Waals surface area contributed by atoms with Gasteiger partial charge >= 0.3 is 6.18 Å². The Morgan fingerprint density at radius 1 is 1.59 bits per heavy atom. The van der Waals surface area contributed by atoms with Gasteiger partial charge in [0.15, 0.2) is 0 Å². The molecule has 100 valence electrons. The molecule has 0 spiro atoms. The molecule has 0 radical (unpaired) electrons. The highest BCUT2D eigenvalue weighted by atomic mass is 19.4. The third kappa shape index (κ3) is 4.91. The van der Waals surface area contributed by atoms with Crippen LogP contribution in [0.5, 0.6) is 0 Å². The van der Waals surface area contributed by atoms with Crippen LogP contribution in [0.1, 0.15) is 19.8 Å². The predicted molar refractivity (Wildman–Crippen MR) is 55.3 cm³/mol. The van der Waals surface area contributed by atoms with Gasteiger partial charge in [-0.05, 0) is 26.3 Å². The lowest BCUT2D eigenvalue weighted by atomic mass is 10.1. The van der Waals surface area contributed by atoms with Crippen molar-refractivity contribution in [2.75, 3.05) is 19.6 Å². The number of amides is 1. The summed E-state index contributed by atoms with van der Waals surface area (Å²) >= 11 is 0. The third-order valence-electron chi connectivity index (χ3n) is 2.82. The van der Waals surface area contributed by atoms with E-state index < -0.39 is 30.8 Å². The highest BCUT2D eigenvalue weighted by molar-refractivity contribution is 5.81. The summed E-state index contributed by atoms with van der Waals surface area (Å²) in [6.45, 7) is 1.19. The molecule has 0 bridgehead atoms. The molecule has 1 heterocycles. The molecule has 1 saturated heterocycles. The minimum absolute atomic E-state index is 0.334. The number of aliphatic hydroxyl groups is 1. The minimum Gasteiger partial charge on any atom is -0.392 e. The molecule has 1 aliphatic heterocycles. The standard InChI is InChI=1S/C10H17F3N2O2/c1-7(9(17)14-6-10(11,12)13)15-4-2-3-8(16)5-15/h7-8,16H,2-6H2,1H3,(H,14,17). The Hall–Kier alpha value is -0.820. The summed E-state index contributed by atoms with van der Waals surface area (Å²) in [5.74, 6) is -0.656. The van der Waals surface area contributed by atoms with Crippen molar-refractivity contribution in [3.05, 3.63) is 0 Å². The zero-order valence-corrected chi connectivity index (χ0v) is 9.63. The fourth-order valence-electron chi connectivity index (χ4n) is 1.84. The molecular formula is C10H17F3N2O2. The van der Waals surface area contributed by atoms with Crippen molar-refractivity contribution in [2.24, 2.45) is 0 Å². The number of piperidine rings is 1. The minimum atomic E-state index is -4.39. The number of carbonyl (C=O) groups excluding carboxylic acids is 1. The summed E-state index contributed by atoms with van der Waals surface area (Å²) in [6.07, 6.45) is -3.47. The number of likely N-dealkylation sites (tertiary alicyclic amines) is 1. The average molecular weight is 254 g/mol. The second-order valence-corrected chi connectivity index (χ2v) is 4.30. The van der Waals surface area contributed by atoms with Gasteiger partial charge in [-0.3, -0.25) is 9.69 Å². The normalized spacial score (nSPS) is 24.4. The smallest absolute Gasteiger partial charge is 0.392 e. The van der Waals surface area contributed by atoms with E-state index in [1.165, 1.54) is 0 Å². The Bertz CT molecular complexity index is 271. The van der Waals surface area contributed by atoms with Gasteiger partial charge in [0.2, 0.25) is 5.91 Å². The maximum atomic E-state index is 11.9. The van der Waals surface area contributed by atoms with Crippen molar-refractivity contribution in [3.8, 4) is 0 Å². The third-order valence-corrected chi connectivity index (χ3v) is 2.82. The maximum absolute atomic E-state index is 11.9. The van der Waals surface area contributed by atoms with Crippen LogP contribution in [0.4, 0.5) is 13.2 Å². The molecule has 1 fully saturated rings. The Balaban J connectivity index is 2.40. The Morgan fingerprint density at radius 2 is 2.24 bits per heavy atom. The first-order chi connectivity index (χ1) is 7.79. The molecule has 0 aromatic rings. The summed E-state index contributed by atoms with van der Waals surface area (Å²) in [5.41, 5.74) is 0. The second kappa shape index (κ2) is 5.68. The van der Waals surface area contributed by atoms with Gasteiger partial charge in [0, 0.05) is 6.54 Å². The number of aliphatic hydroxyl groups excluding tert-OH is 1. The SMILES string of the molecule is CC(C(=O)NCC(F)(F)F)N1CCCC(O)C1. The summed E-state index contributed by atoms with van der Waals surface area (Å²) in [7, 11) is 0. The summed E-state index contributed by atoms with van der Waals surface area (Å²) in [5, 5.41) is 11.3. The largest absolute Gasteiger partial charge is 0.405 e. The summed E-state index contributed by atoms with van der Waals surface area (Å²) in [4.78, 5) is 13.2. The first kappa shape index (κ1) is 14.2. The molecule has 2 atom stereocenters. The van der Waals surface area contributed by atoms with Crippen LogP contribution in [0.2, 0.25) is 0 Å². The Morgan fingerprint density at radius 3 is 2.76 bits per heavy atom. The Labute approximate surface area is 97.8 Å². The van der Waals surface area contributed by atoms with Gasteiger partial charge < -0.3 is 10.4 Å². The Kier molecular flexibility index (Phi) is 4.76. The lowest BCUT2D eigenvalue weighted by molar-refractivity contribution is -0.141. The molecular weight excluding hydrogens is 237 g/mol. The van der Waals surface area contributed by atoms with E-state index in [0.717, 1.165) is 6.42 Å². The van der Waals surface area contributed by atoms with Gasteiger partial charge in [-0.2, -0.15) is 13.2 Å². The van der Waals surface area contributed by atoms with Gasteiger partial charge in [-0.25, -0.2) is 0 Å². The zero-order chi connectivity index (χ0) is 13.1. The number of carbonyl (C=O) groups is 1. The summed E-state index contributed by atoms with van der Waals surface area (Å²) < 4.78 is 35.7. The van der Waals surface area contributed by atoms with Crippen LogP contribution < -0.4 is 5.32 Å². The van der Waals surface area contributed by atoms with Gasteiger partial charge in [-0.1, -0.05) is 0 Å². The monoisotopic (exact) mass is 254 g/mol. The number of rotatable bonds is 3. The van der Waals surface area contributed by atoms with E-state index in [-0.39, 0.29) is 0 Å². The van der Waals surface area contributed by atoms with Crippen LogP contribution in [0.15, 0.2) is 0 Å². The second-order valence-electron chi connectivity index (χ2n) is 4.30. The van der Waals surface area contributed by atoms with Gasteiger partial charge in [0.25, 0.3) is 0 Å². The number of hydrogen-bond donors (Lipinski definition) is 2.